The fourth-order valence-corrected chi connectivity index (χ4v) is 1.82. The van der Waals surface area contributed by atoms with Crippen LogP contribution in [0.2, 0.25) is 0 Å². The number of nitrogens with zero attached hydrogens (tertiary/aromatic N) is 1. The number of hydrogen-bond acceptors (Lipinski definition) is 3. The van der Waals surface area contributed by atoms with Gasteiger partial charge in [0.2, 0.25) is 0 Å². The van der Waals surface area contributed by atoms with Crippen LogP contribution in [0.4, 0.5) is 14.9 Å². The van der Waals surface area contributed by atoms with Crippen LogP contribution in [0.15, 0.2) is 18.2 Å². The van der Waals surface area contributed by atoms with Crippen LogP contribution < -0.4 is 10.1 Å². The number of rotatable bonds is 3. The van der Waals surface area contributed by atoms with Crippen molar-refractivity contribution in [2.45, 2.75) is 6.92 Å². The number of urea groups is 1. The minimum absolute atomic E-state index is 0.187. The molecule has 1 aliphatic heterocycles. The summed E-state index contributed by atoms with van der Waals surface area (Å²) in [5.74, 6) is -0.298. The quantitative estimate of drug-likeness (QED) is 0.913. The molecule has 2 amide bonds. The lowest BCUT2D eigenvalue weighted by Crippen LogP contribution is -2.43. The molecule has 0 aromatic heterocycles. The van der Waals surface area contributed by atoms with E-state index in [-0.39, 0.29) is 11.8 Å². The first kappa shape index (κ1) is 13.6. The van der Waals surface area contributed by atoms with Crippen LogP contribution in [0.3, 0.4) is 0 Å². The number of ether oxygens (including phenoxy) is 2. The topological polar surface area (TPSA) is 50.8 Å². The third kappa shape index (κ3) is 3.57. The Bertz CT molecular complexity index is 448. The molecule has 0 unspecified atom stereocenters. The zero-order valence-electron chi connectivity index (χ0n) is 10.8. The van der Waals surface area contributed by atoms with Crippen LogP contribution in [0.5, 0.6) is 5.75 Å². The van der Waals surface area contributed by atoms with Gasteiger partial charge >= 0.3 is 6.03 Å². The van der Waals surface area contributed by atoms with Crippen molar-refractivity contribution >= 4 is 11.7 Å². The first-order valence-corrected chi connectivity index (χ1v) is 6.26. The van der Waals surface area contributed by atoms with Crippen LogP contribution in [-0.4, -0.2) is 43.8 Å². The predicted octanol–water partition coefficient (Wildman–Crippen LogP) is 2.09. The maximum atomic E-state index is 13.6. The molecule has 2 rings (SSSR count). The van der Waals surface area contributed by atoms with Crippen molar-refractivity contribution in [1.29, 1.82) is 0 Å². The summed E-state index contributed by atoms with van der Waals surface area (Å²) < 4.78 is 23.9. The van der Waals surface area contributed by atoms with Crippen molar-refractivity contribution in [2.24, 2.45) is 0 Å². The van der Waals surface area contributed by atoms with Gasteiger partial charge in [-0.25, -0.2) is 9.18 Å². The zero-order chi connectivity index (χ0) is 13.7. The molecule has 0 radical (unpaired) electrons. The summed E-state index contributed by atoms with van der Waals surface area (Å²) in [6, 6.07) is 4.13. The van der Waals surface area contributed by atoms with E-state index in [1.807, 2.05) is 0 Å². The van der Waals surface area contributed by atoms with Crippen molar-refractivity contribution in [1.82, 2.24) is 4.90 Å². The number of hydrogen-bond donors (Lipinski definition) is 1. The molecule has 0 saturated carbocycles. The molecule has 1 fully saturated rings. The highest BCUT2D eigenvalue weighted by Gasteiger charge is 2.17. The molecule has 0 spiro atoms. The molecule has 1 saturated heterocycles. The van der Waals surface area contributed by atoms with Gasteiger partial charge in [0.15, 0.2) is 11.6 Å². The lowest BCUT2D eigenvalue weighted by molar-refractivity contribution is 0.0564. The van der Waals surface area contributed by atoms with Gasteiger partial charge in [-0.05, 0) is 19.1 Å². The standard InChI is InChI=1S/C13H17FN2O3/c1-2-19-12-4-3-10(9-11(12)14)15-13(17)16-5-7-18-8-6-16/h3-4,9H,2,5-8H2,1H3,(H,15,17). The summed E-state index contributed by atoms with van der Waals surface area (Å²) in [6.07, 6.45) is 0. The maximum Gasteiger partial charge on any atom is 0.322 e. The number of amides is 2. The van der Waals surface area contributed by atoms with Crippen molar-refractivity contribution in [2.75, 3.05) is 38.2 Å². The molecule has 0 aliphatic carbocycles. The van der Waals surface area contributed by atoms with E-state index in [1.165, 1.54) is 12.1 Å². The molecule has 1 aromatic rings. The van der Waals surface area contributed by atoms with Gasteiger partial charge in [0.25, 0.3) is 0 Å². The minimum atomic E-state index is -0.485. The van der Waals surface area contributed by atoms with Crippen molar-refractivity contribution in [3.8, 4) is 5.75 Å². The molecular weight excluding hydrogens is 251 g/mol. The lowest BCUT2D eigenvalue weighted by atomic mass is 10.3. The smallest absolute Gasteiger partial charge is 0.322 e. The number of carbonyl (C=O) groups is 1. The Morgan fingerprint density at radius 1 is 1.47 bits per heavy atom. The number of carbonyl (C=O) groups excluding carboxylic acids is 1. The van der Waals surface area contributed by atoms with Crippen LogP contribution in [0.25, 0.3) is 0 Å². The van der Waals surface area contributed by atoms with E-state index in [2.05, 4.69) is 5.32 Å². The third-order valence-corrected chi connectivity index (χ3v) is 2.78. The lowest BCUT2D eigenvalue weighted by Gasteiger charge is -2.26. The van der Waals surface area contributed by atoms with Crippen LogP contribution in [-0.2, 0) is 4.74 Å². The van der Waals surface area contributed by atoms with Crippen molar-refractivity contribution in [3.05, 3.63) is 24.0 Å². The highest BCUT2D eigenvalue weighted by molar-refractivity contribution is 5.89. The Morgan fingerprint density at radius 2 is 2.21 bits per heavy atom. The van der Waals surface area contributed by atoms with E-state index in [4.69, 9.17) is 9.47 Å². The van der Waals surface area contributed by atoms with E-state index in [1.54, 1.807) is 17.9 Å². The summed E-state index contributed by atoms with van der Waals surface area (Å²) in [5.41, 5.74) is 0.414. The molecule has 0 bridgehead atoms. The molecule has 1 aliphatic rings. The Hall–Kier alpha value is -1.82. The largest absolute Gasteiger partial charge is 0.491 e. The third-order valence-electron chi connectivity index (χ3n) is 2.78. The number of halogens is 1. The zero-order valence-corrected chi connectivity index (χ0v) is 10.8. The van der Waals surface area contributed by atoms with E-state index >= 15 is 0 Å². The van der Waals surface area contributed by atoms with E-state index in [0.29, 0.717) is 38.6 Å². The highest BCUT2D eigenvalue weighted by Crippen LogP contribution is 2.21. The highest BCUT2D eigenvalue weighted by atomic mass is 19.1. The van der Waals surface area contributed by atoms with Crippen LogP contribution in [0, 0.1) is 5.82 Å². The first-order chi connectivity index (χ1) is 9.20. The van der Waals surface area contributed by atoms with E-state index < -0.39 is 5.82 Å². The number of benzene rings is 1. The number of nitrogens with one attached hydrogen (secondary N) is 1. The van der Waals surface area contributed by atoms with Crippen LogP contribution in [0.1, 0.15) is 6.92 Å². The monoisotopic (exact) mass is 268 g/mol. The fraction of sp³-hybridized carbons (Fsp3) is 0.462. The Balaban J connectivity index is 1.98. The Morgan fingerprint density at radius 3 is 2.84 bits per heavy atom. The SMILES string of the molecule is CCOc1ccc(NC(=O)N2CCOCC2)cc1F. The van der Waals surface area contributed by atoms with Gasteiger partial charge in [-0.1, -0.05) is 0 Å². The number of morpholine rings is 1. The average molecular weight is 268 g/mol. The molecule has 0 atom stereocenters. The molecule has 1 aromatic carbocycles. The predicted molar refractivity (Wildman–Crippen MR) is 69.0 cm³/mol. The van der Waals surface area contributed by atoms with E-state index in [9.17, 15) is 9.18 Å². The molecule has 5 nitrogen and oxygen atoms in total. The maximum absolute atomic E-state index is 13.6. The van der Waals surface area contributed by atoms with Gasteiger partial charge in [0.05, 0.1) is 19.8 Å². The minimum Gasteiger partial charge on any atom is -0.491 e. The summed E-state index contributed by atoms with van der Waals surface area (Å²) in [5, 5.41) is 2.66. The second-order valence-corrected chi connectivity index (χ2v) is 4.11. The van der Waals surface area contributed by atoms with Crippen molar-refractivity contribution < 1.29 is 18.7 Å². The van der Waals surface area contributed by atoms with Gasteiger partial charge in [-0.15, -0.1) is 0 Å². The van der Waals surface area contributed by atoms with Crippen molar-refractivity contribution in [3.63, 3.8) is 0 Å². The second-order valence-electron chi connectivity index (χ2n) is 4.11. The average Bonchev–Trinajstić information content (AvgIpc) is 2.43. The van der Waals surface area contributed by atoms with Gasteiger partial charge in [-0.2, -0.15) is 0 Å². The molecular formula is C13H17FN2O3. The molecule has 6 heteroatoms. The van der Waals surface area contributed by atoms with Gasteiger partial charge in [0, 0.05) is 24.8 Å². The molecule has 104 valence electrons. The summed E-state index contributed by atoms with van der Waals surface area (Å²) in [7, 11) is 0. The normalized spacial score (nSPS) is 15.2. The molecule has 1 heterocycles. The van der Waals surface area contributed by atoms with E-state index in [0.717, 1.165) is 0 Å². The molecule has 1 N–H and O–H groups in total. The Labute approximate surface area is 111 Å². The summed E-state index contributed by atoms with van der Waals surface area (Å²) >= 11 is 0. The second kappa shape index (κ2) is 6.38. The first-order valence-electron chi connectivity index (χ1n) is 6.26. The summed E-state index contributed by atoms with van der Waals surface area (Å²) in [4.78, 5) is 13.5. The van der Waals surface area contributed by atoms with Gasteiger partial charge in [-0.3, -0.25) is 0 Å². The summed E-state index contributed by atoms with van der Waals surface area (Å²) in [6.45, 7) is 4.34. The Kier molecular flexibility index (Phi) is 4.57. The van der Waals surface area contributed by atoms with Gasteiger partial charge < -0.3 is 19.7 Å². The van der Waals surface area contributed by atoms with Gasteiger partial charge in [0.1, 0.15) is 0 Å². The number of anilines is 1. The van der Waals surface area contributed by atoms with Crippen LogP contribution >= 0.6 is 0 Å². The molecule has 19 heavy (non-hydrogen) atoms. The fourth-order valence-electron chi connectivity index (χ4n) is 1.82.